The summed E-state index contributed by atoms with van der Waals surface area (Å²) in [5, 5.41) is 3.55. The highest BCUT2D eigenvalue weighted by Crippen LogP contribution is 2.22. The van der Waals surface area contributed by atoms with Crippen molar-refractivity contribution >= 4 is 0 Å². The highest BCUT2D eigenvalue weighted by Gasteiger charge is 2.13. The van der Waals surface area contributed by atoms with E-state index in [4.69, 9.17) is 10.3 Å². The number of benzene rings is 1. The minimum Gasteiger partial charge on any atom is -0.492 e. The lowest BCUT2D eigenvalue weighted by Gasteiger charge is -2.18. The second-order valence-electron chi connectivity index (χ2n) is 4.04. The van der Waals surface area contributed by atoms with Crippen LogP contribution in [0.25, 0.3) is 10.4 Å². The summed E-state index contributed by atoms with van der Waals surface area (Å²) in [4.78, 5) is 5.09. The van der Waals surface area contributed by atoms with Crippen LogP contribution in [-0.2, 0) is 6.54 Å². The normalized spacial score (nSPS) is 15.3. The largest absolute Gasteiger partial charge is 0.492 e. The van der Waals surface area contributed by atoms with Crippen molar-refractivity contribution in [3.8, 4) is 5.75 Å². The number of rotatable bonds is 4. The zero-order chi connectivity index (χ0) is 11.9. The van der Waals surface area contributed by atoms with Crippen LogP contribution in [0, 0.1) is 0 Å². The second-order valence-corrected chi connectivity index (χ2v) is 4.04. The molecule has 1 heterocycles. The third-order valence-electron chi connectivity index (χ3n) is 2.83. The van der Waals surface area contributed by atoms with Crippen LogP contribution >= 0.6 is 0 Å². The Morgan fingerprint density at radius 1 is 1.41 bits per heavy atom. The molecule has 1 aromatic rings. The van der Waals surface area contributed by atoms with E-state index < -0.39 is 0 Å². The van der Waals surface area contributed by atoms with Crippen molar-refractivity contribution in [3.63, 3.8) is 0 Å². The Kier molecular flexibility index (Phi) is 4.24. The molecule has 90 valence electrons. The van der Waals surface area contributed by atoms with Gasteiger partial charge in [-0.25, -0.2) is 0 Å². The van der Waals surface area contributed by atoms with E-state index in [0.717, 1.165) is 38.4 Å². The van der Waals surface area contributed by atoms with Gasteiger partial charge < -0.3 is 4.74 Å². The molecule has 0 unspecified atom stereocenters. The van der Waals surface area contributed by atoms with Gasteiger partial charge in [-0.15, -0.1) is 0 Å². The van der Waals surface area contributed by atoms with Gasteiger partial charge in [0.1, 0.15) is 12.4 Å². The lowest BCUT2D eigenvalue weighted by molar-refractivity contribution is 0.225. The van der Waals surface area contributed by atoms with Crippen LogP contribution in [0.2, 0.25) is 0 Å². The number of fused-ring (bicyclic) bond motifs is 1. The summed E-state index contributed by atoms with van der Waals surface area (Å²) in [6.07, 6.45) is 0.895. The average Bonchev–Trinajstić information content (AvgIpc) is 2.56. The summed E-state index contributed by atoms with van der Waals surface area (Å²) in [6, 6.07) is 8.14. The molecule has 0 amide bonds. The first kappa shape index (κ1) is 11.8. The number of para-hydroxylation sites is 1. The molecule has 1 aromatic carbocycles. The van der Waals surface area contributed by atoms with E-state index in [1.165, 1.54) is 5.56 Å². The lowest BCUT2D eigenvalue weighted by atomic mass is 10.2. The Hall–Kier alpha value is -1.71. The van der Waals surface area contributed by atoms with Gasteiger partial charge in [0, 0.05) is 30.1 Å². The zero-order valence-corrected chi connectivity index (χ0v) is 9.75. The van der Waals surface area contributed by atoms with Crippen LogP contribution in [0.3, 0.4) is 0 Å². The molecular weight excluding hydrogens is 216 g/mol. The summed E-state index contributed by atoms with van der Waals surface area (Å²) < 4.78 is 5.68. The summed E-state index contributed by atoms with van der Waals surface area (Å²) in [5.41, 5.74) is 9.43. The Morgan fingerprint density at radius 2 is 2.29 bits per heavy atom. The van der Waals surface area contributed by atoms with E-state index in [-0.39, 0.29) is 0 Å². The molecular formula is C12H16N4O. The van der Waals surface area contributed by atoms with Crippen molar-refractivity contribution in [2.75, 3.05) is 26.2 Å². The van der Waals surface area contributed by atoms with Gasteiger partial charge in [0.15, 0.2) is 0 Å². The fourth-order valence-corrected chi connectivity index (χ4v) is 1.98. The number of hydrogen-bond acceptors (Lipinski definition) is 3. The Morgan fingerprint density at radius 3 is 3.18 bits per heavy atom. The van der Waals surface area contributed by atoms with Gasteiger partial charge >= 0.3 is 0 Å². The van der Waals surface area contributed by atoms with Crippen LogP contribution in [0.4, 0.5) is 0 Å². The first-order valence-corrected chi connectivity index (χ1v) is 5.84. The van der Waals surface area contributed by atoms with Crippen LogP contribution in [0.15, 0.2) is 29.4 Å². The maximum Gasteiger partial charge on any atom is 0.123 e. The van der Waals surface area contributed by atoms with Crippen LogP contribution in [0.1, 0.15) is 12.0 Å². The predicted molar refractivity (Wildman–Crippen MR) is 65.8 cm³/mol. The van der Waals surface area contributed by atoms with Gasteiger partial charge in [0.2, 0.25) is 0 Å². The van der Waals surface area contributed by atoms with E-state index >= 15 is 0 Å². The smallest absolute Gasteiger partial charge is 0.123 e. The fraction of sp³-hybridized carbons (Fsp3) is 0.500. The molecule has 17 heavy (non-hydrogen) atoms. The molecule has 1 aliphatic heterocycles. The third-order valence-corrected chi connectivity index (χ3v) is 2.83. The quantitative estimate of drug-likeness (QED) is 0.346. The molecule has 1 aliphatic rings. The van der Waals surface area contributed by atoms with E-state index in [9.17, 15) is 0 Å². The summed E-state index contributed by atoms with van der Waals surface area (Å²) in [7, 11) is 0. The molecule has 0 N–H and O–H groups in total. The van der Waals surface area contributed by atoms with Crippen molar-refractivity contribution in [2.24, 2.45) is 5.11 Å². The Bertz CT molecular complexity index is 415. The standard InChI is InChI=1S/C12H16N4O/c13-15-14-6-3-7-16-8-9-17-12-5-2-1-4-11(12)10-16/h1-2,4-5H,3,6-10H2. The minimum absolute atomic E-state index is 0.565. The SMILES string of the molecule is [N-]=[N+]=NCCCN1CCOc2ccccc2C1. The van der Waals surface area contributed by atoms with Gasteiger partial charge in [0.05, 0.1) is 0 Å². The first-order valence-electron chi connectivity index (χ1n) is 5.84. The molecule has 0 atom stereocenters. The highest BCUT2D eigenvalue weighted by molar-refractivity contribution is 5.33. The van der Waals surface area contributed by atoms with Gasteiger partial charge in [-0.2, -0.15) is 0 Å². The lowest BCUT2D eigenvalue weighted by Crippen LogP contribution is -2.27. The molecule has 0 saturated heterocycles. The molecule has 0 saturated carbocycles. The highest BCUT2D eigenvalue weighted by atomic mass is 16.5. The van der Waals surface area contributed by atoms with Crippen molar-refractivity contribution in [3.05, 3.63) is 40.3 Å². The molecule has 2 rings (SSSR count). The molecule has 0 fully saturated rings. The van der Waals surface area contributed by atoms with Crippen LogP contribution in [-0.4, -0.2) is 31.1 Å². The first-order chi connectivity index (χ1) is 8.40. The van der Waals surface area contributed by atoms with Crippen molar-refractivity contribution in [1.82, 2.24) is 4.90 Å². The summed E-state index contributed by atoms with van der Waals surface area (Å²) in [6.45, 7) is 4.06. The topological polar surface area (TPSA) is 61.2 Å². The molecule has 5 heteroatoms. The van der Waals surface area contributed by atoms with E-state index in [0.29, 0.717) is 6.54 Å². The van der Waals surface area contributed by atoms with Gasteiger partial charge in [-0.1, -0.05) is 23.3 Å². The third kappa shape index (κ3) is 3.37. The molecule has 5 nitrogen and oxygen atoms in total. The van der Waals surface area contributed by atoms with Crippen molar-refractivity contribution in [1.29, 1.82) is 0 Å². The fourth-order valence-electron chi connectivity index (χ4n) is 1.98. The molecule has 0 spiro atoms. The van der Waals surface area contributed by atoms with Crippen LogP contribution in [0.5, 0.6) is 5.75 Å². The number of hydrogen-bond donors (Lipinski definition) is 0. The maximum absolute atomic E-state index is 8.20. The average molecular weight is 232 g/mol. The van der Waals surface area contributed by atoms with E-state index in [1.807, 2.05) is 18.2 Å². The van der Waals surface area contributed by atoms with Crippen LogP contribution < -0.4 is 4.74 Å². The molecule has 0 radical (unpaired) electrons. The monoisotopic (exact) mass is 232 g/mol. The van der Waals surface area contributed by atoms with Crippen molar-refractivity contribution in [2.45, 2.75) is 13.0 Å². The summed E-state index contributed by atoms with van der Waals surface area (Å²) >= 11 is 0. The van der Waals surface area contributed by atoms with Crippen molar-refractivity contribution < 1.29 is 4.74 Å². The predicted octanol–water partition coefficient (Wildman–Crippen LogP) is 2.58. The van der Waals surface area contributed by atoms with Gasteiger partial charge in [0.25, 0.3) is 0 Å². The van der Waals surface area contributed by atoms with Gasteiger partial charge in [-0.05, 0) is 24.6 Å². The Labute approximate surface area is 101 Å². The van der Waals surface area contributed by atoms with Gasteiger partial charge in [-0.3, -0.25) is 4.90 Å². The number of azide groups is 1. The van der Waals surface area contributed by atoms with E-state index in [2.05, 4.69) is 21.0 Å². The Balaban J connectivity index is 1.91. The summed E-state index contributed by atoms with van der Waals surface area (Å²) in [5.74, 6) is 0.991. The maximum atomic E-state index is 8.20. The number of ether oxygens (including phenoxy) is 1. The molecule has 0 aromatic heterocycles. The number of nitrogens with zero attached hydrogens (tertiary/aromatic N) is 4. The van der Waals surface area contributed by atoms with E-state index in [1.54, 1.807) is 0 Å². The molecule has 0 bridgehead atoms. The second kappa shape index (κ2) is 6.13. The zero-order valence-electron chi connectivity index (χ0n) is 9.75. The molecule has 0 aliphatic carbocycles. The minimum atomic E-state index is 0.565.